The van der Waals surface area contributed by atoms with E-state index in [9.17, 15) is 18.0 Å². The molecule has 2 N–H and O–H groups in total. The Morgan fingerprint density at radius 1 is 1.07 bits per heavy atom. The highest BCUT2D eigenvalue weighted by Gasteiger charge is 2.39. The van der Waals surface area contributed by atoms with Crippen LogP contribution in [0.25, 0.3) is 0 Å². The molecule has 7 nitrogen and oxygen atoms in total. The highest BCUT2D eigenvalue weighted by Crippen LogP contribution is 2.21. The van der Waals surface area contributed by atoms with E-state index in [4.69, 9.17) is 0 Å². The van der Waals surface area contributed by atoms with Gasteiger partial charge in [0.1, 0.15) is 6.04 Å². The van der Waals surface area contributed by atoms with E-state index in [2.05, 4.69) is 10.6 Å². The van der Waals surface area contributed by atoms with Crippen molar-refractivity contribution in [2.75, 3.05) is 19.6 Å². The molecular weight excluding hydrogens is 390 g/mol. The molecule has 0 saturated carbocycles. The Bertz CT molecular complexity index is 933. The van der Waals surface area contributed by atoms with Gasteiger partial charge in [-0.05, 0) is 30.5 Å². The average Bonchev–Trinajstić information content (AvgIpc) is 2.74. The van der Waals surface area contributed by atoms with E-state index in [1.807, 2.05) is 30.3 Å². The second kappa shape index (κ2) is 9.67. The lowest BCUT2D eigenvalue weighted by molar-refractivity contribution is -0.131. The molecule has 0 unspecified atom stereocenters. The van der Waals surface area contributed by atoms with E-state index < -0.39 is 22.0 Å². The first-order valence-electron chi connectivity index (χ1n) is 9.64. The van der Waals surface area contributed by atoms with Crippen molar-refractivity contribution in [1.82, 2.24) is 14.9 Å². The number of nitrogens with one attached hydrogen (secondary N) is 2. The van der Waals surface area contributed by atoms with Crippen molar-refractivity contribution in [3.8, 4) is 0 Å². The van der Waals surface area contributed by atoms with Crippen molar-refractivity contribution in [1.29, 1.82) is 0 Å². The summed E-state index contributed by atoms with van der Waals surface area (Å²) in [5.74, 6) is -0.788. The first-order chi connectivity index (χ1) is 14.0. The molecule has 1 aliphatic heterocycles. The Morgan fingerprint density at radius 2 is 1.72 bits per heavy atom. The fraction of sp³-hybridized carbons (Fsp3) is 0.333. The standard InChI is InChI=1S/C21H25N3O4S/c25-20(22-13-7-10-17-8-3-1-4-9-17)16-19-21(26)23-14-15-24(19)29(27,28)18-11-5-2-6-12-18/h1-6,8-9,11-12,19H,7,10,13-16H2,(H,22,25)(H,23,26)/t19-/m0/s1. The third-order valence-corrected chi connectivity index (χ3v) is 6.74. The lowest BCUT2D eigenvalue weighted by atomic mass is 10.1. The van der Waals surface area contributed by atoms with Crippen LogP contribution >= 0.6 is 0 Å². The van der Waals surface area contributed by atoms with Crippen molar-refractivity contribution in [3.05, 3.63) is 66.2 Å². The number of nitrogens with zero attached hydrogens (tertiary/aromatic N) is 1. The molecule has 2 aromatic carbocycles. The molecule has 3 rings (SSSR count). The summed E-state index contributed by atoms with van der Waals surface area (Å²) in [6.07, 6.45) is 1.39. The fourth-order valence-corrected chi connectivity index (χ4v) is 4.93. The topological polar surface area (TPSA) is 95.6 Å². The van der Waals surface area contributed by atoms with Gasteiger partial charge in [0, 0.05) is 19.6 Å². The quantitative estimate of drug-likeness (QED) is 0.636. The molecule has 0 bridgehead atoms. The van der Waals surface area contributed by atoms with Gasteiger partial charge in [-0.3, -0.25) is 9.59 Å². The van der Waals surface area contributed by atoms with Gasteiger partial charge in [0.25, 0.3) is 0 Å². The first-order valence-corrected chi connectivity index (χ1v) is 11.1. The predicted molar refractivity (Wildman–Crippen MR) is 110 cm³/mol. The molecule has 2 aromatic rings. The Balaban J connectivity index is 1.59. The van der Waals surface area contributed by atoms with Crippen LogP contribution in [-0.4, -0.2) is 50.2 Å². The number of carbonyl (C=O) groups excluding carboxylic acids is 2. The number of rotatable bonds is 8. The number of piperazine rings is 1. The zero-order chi connectivity index (χ0) is 20.7. The van der Waals surface area contributed by atoms with E-state index >= 15 is 0 Å². The molecule has 8 heteroatoms. The van der Waals surface area contributed by atoms with Crippen molar-refractivity contribution in [2.24, 2.45) is 0 Å². The lowest BCUT2D eigenvalue weighted by Crippen LogP contribution is -2.58. The average molecular weight is 416 g/mol. The number of amides is 2. The third kappa shape index (κ3) is 5.42. The first kappa shape index (κ1) is 21.0. The van der Waals surface area contributed by atoms with E-state index in [1.54, 1.807) is 18.2 Å². The molecule has 0 spiro atoms. The van der Waals surface area contributed by atoms with Gasteiger partial charge in [0.05, 0.1) is 11.3 Å². The van der Waals surface area contributed by atoms with Gasteiger partial charge in [-0.2, -0.15) is 4.31 Å². The Labute approximate surface area is 171 Å². The van der Waals surface area contributed by atoms with Crippen molar-refractivity contribution in [3.63, 3.8) is 0 Å². The van der Waals surface area contributed by atoms with Gasteiger partial charge in [-0.15, -0.1) is 0 Å². The van der Waals surface area contributed by atoms with Crippen LogP contribution in [0.3, 0.4) is 0 Å². The van der Waals surface area contributed by atoms with Crippen LogP contribution in [0.1, 0.15) is 18.4 Å². The molecule has 0 aliphatic carbocycles. The Hall–Kier alpha value is -2.71. The number of benzene rings is 2. The van der Waals surface area contributed by atoms with E-state index in [-0.39, 0.29) is 30.3 Å². The highest BCUT2D eigenvalue weighted by molar-refractivity contribution is 7.89. The van der Waals surface area contributed by atoms with E-state index in [0.717, 1.165) is 17.1 Å². The molecular formula is C21H25N3O4S. The van der Waals surface area contributed by atoms with Crippen LogP contribution in [0.2, 0.25) is 0 Å². The molecule has 154 valence electrons. The predicted octanol–water partition coefficient (Wildman–Crippen LogP) is 1.31. The number of hydrogen-bond acceptors (Lipinski definition) is 4. The molecule has 0 aromatic heterocycles. The summed E-state index contributed by atoms with van der Waals surface area (Å²) in [6, 6.07) is 16.9. The summed E-state index contributed by atoms with van der Waals surface area (Å²) in [7, 11) is -3.86. The zero-order valence-electron chi connectivity index (χ0n) is 16.1. The minimum absolute atomic E-state index is 0.114. The number of aryl methyl sites for hydroxylation is 1. The summed E-state index contributed by atoms with van der Waals surface area (Å²) in [5.41, 5.74) is 1.19. The van der Waals surface area contributed by atoms with Crippen LogP contribution in [0, 0.1) is 0 Å². The lowest BCUT2D eigenvalue weighted by Gasteiger charge is -2.33. The second-order valence-electron chi connectivity index (χ2n) is 6.88. The maximum atomic E-state index is 13.0. The monoisotopic (exact) mass is 415 g/mol. The van der Waals surface area contributed by atoms with Crippen molar-refractivity contribution < 1.29 is 18.0 Å². The SMILES string of the molecule is O=C(C[C@H]1C(=O)NCCN1S(=O)(=O)c1ccccc1)NCCCc1ccccc1. The summed E-state index contributed by atoms with van der Waals surface area (Å²) >= 11 is 0. The summed E-state index contributed by atoms with van der Waals surface area (Å²) in [5, 5.41) is 5.45. The maximum absolute atomic E-state index is 13.0. The second-order valence-corrected chi connectivity index (χ2v) is 8.77. The molecule has 29 heavy (non-hydrogen) atoms. The number of sulfonamides is 1. The molecule has 1 heterocycles. The van der Waals surface area contributed by atoms with Gasteiger partial charge in [-0.1, -0.05) is 48.5 Å². The molecule has 2 amide bonds. The van der Waals surface area contributed by atoms with Crippen LogP contribution in [0.5, 0.6) is 0 Å². The summed E-state index contributed by atoms with van der Waals surface area (Å²) in [4.78, 5) is 24.8. The maximum Gasteiger partial charge on any atom is 0.243 e. The van der Waals surface area contributed by atoms with Gasteiger partial charge in [-0.25, -0.2) is 8.42 Å². The Kier molecular flexibility index (Phi) is 7.00. The molecule has 1 saturated heterocycles. The van der Waals surface area contributed by atoms with Crippen molar-refractivity contribution in [2.45, 2.75) is 30.2 Å². The Morgan fingerprint density at radius 3 is 2.41 bits per heavy atom. The summed E-state index contributed by atoms with van der Waals surface area (Å²) in [6.45, 7) is 0.822. The van der Waals surface area contributed by atoms with Crippen molar-refractivity contribution >= 4 is 21.8 Å². The smallest absolute Gasteiger partial charge is 0.243 e. The highest BCUT2D eigenvalue weighted by atomic mass is 32.2. The van der Waals surface area contributed by atoms with Crippen LogP contribution in [-0.2, 0) is 26.0 Å². The van der Waals surface area contributed by atoms with Gasteiger partial charge in [0.15, 0.2) is 0 Å². The summed E-state index contributed by atoms with van der Waals surface area (Å²) < 4.78 is 27.0. The van der Waals surface area contributed by atoms with Gasteiger partial charge >= 0.3 is 0 Å². The molecule has 1 aliphatic rings. The van der Waals surface area contributed by atoms with Crippen LogP contribution in [0.4, 0.5) is 0 Å². The number of hydrogen-bond donors (Lipinski definition) is 2. The number of carbonyl (C=O) groups is 2. The van der Waals surface area contributed by atoms with Crippen LogP contribution in [0.15, 0.2) is 65.6 Å². The van der Waals surface area contributed by atoms with E-state index in [1.165, 1.54) is 17.7 Å². The molecule has 0 radical (unpaired) electrons. The minimum atomic E-state index is -3.86. The minimum Gasteiger partial charge on any atom is -0.356 e. The van der Waals surface area contributed by atoms with E-state index in [0.29, 0.717) is 6.54 Å². The molecule has 1 fully saturated rings. The fourth-order valence-electron chi connectivity index (χ4n) is 3.32. The zero-order valence-corrected chi connectivity index (χ0v) is 16.9. The largest absolute Gasteiger partial charge is 0.356 e. The third-order valence-electron chi connectivity index (χ3n) is 4.82. The molecule has 1 atom stereocenters. The van der Waals surface area contributed by atoms with Crippen LogP contribution < -0.4 is 10.6 Å². The van der Waals surface area contributed by atoms with Gasteiger partial charge < -0.3 is 10.6 Å². The van der Waals surface area contributed by atoms with Gasteiger partial charge in [0.2, 0.25) is 21.8 Å². The normalized spacial score (nSPS) is 17.5.